The maximum Gasteiger partial charge on any atom is 0.211 e. The summed E-state index contributed by atoms with van der Waals surface area (Å²) >= 11 is 0. The Balaban J connectivity index is 0.000001000. The third-order valence-electron chi connectivity index (χ3n) is 1.49. The fraction of sp³-hybridized carbons (Fsp3) is 0.667. The fourth-order valence-electron chi connectivity index (χ4n) is 1.01. The van der Waals surface area contributed by atoms with Crippen molar-refractivity contribution in [2.24, 2.45) is 21.7 Å². The molecule has 0 radical (unpaired) electrons. The minimum absolute atomic E-state index is 0. The SMILES string of the molecule is Cl.NC(N)=NN=C1CCCC1. The third kappa shape index (κ3) is 3.83. The molecule has 0 heterocycles. The monoisotopic (exact) mass is 176 g/mol. The van der Waals surface area contributed by atoms with E-state index in [0.717, 1.165) is 18.6 Å². The molecule has 4 N–H and O–H groups in total. The molecule has 1 aliphatic carbocycles. The Labute approximate surface area is 72.2 Å². The Bertz CT molecular complexity index is 163. The van der Waals surface area contributed by atoms with Crippen LogP contribution in [0.5, 0.6) is 0 Å². The highest BCUT2D eigenvalue weighted by Gasteiger charge is 2.06. The Morgan fingerprint density at radius 1 is 1.18 bits per heavy atom. The average Bonchev–Trinajstić information content (AvgIpc) is 2.34. The van der Waals surface area contributed by atoms with Crippen molar-refractivity contribution in [1.82, 2.24) is 0 Å². The molecule has 11 heavy (non-hydrogen) atoms. The second-order valence-corrected chi connectivity index (χ2v) is 2.40. The highest BCUT2D eigenvalue weighted by atomic mass is 35.5. The van der Waals surface area contributed by atoms with E-state index in [1.165, 1.54) is 12.8 Å². The van der Waals surface area contributed by atoms with E-state index < -0.39 is 0 Å². The van der Waals surface area contributed by atoms with E-state index >= 15 is 0 Å². The predicted octanol–water partition coefficient (Wildman–Crippen LogP) is 0.612. The van der Waals surface area contributed by atoms with Crippen LogP contribution in [0.15, 0.2) is 10.2 Å². The van der Waals surface area contributed by atoms with Crippen molar-refractivity contribution in [1.29, 1.82) is 0 Å². The van der Waals surface area contributed by atoms with Crippen LogP contribution in [-0.4, -0.2) is 11.7 Å². The highest BCUT2D eigenvalue weighted by molar-refractivity contribution is 5.87. The van der Waals surface area contributed by atoms with Gasteiger partial charge in [-0.05, 0) is 25.7 Å². The van der Waals surface area contributed by atoms with Crippen LogP contribution in [0.1, 0.15) is 25.7 Å². The molecule has 1 rings (SSSR count). The molecular formula is C6H13ClN4. The van der Waals surface area contributed by atoms with Crippen LogP contribution >= 0.6 is 12.4 Å². The number of hydrogen-bond donors (Lipinski definition) is 2. The van der Waals surface area contributed by atoms with Crippen LogP contribution in [0.3, 0.4) is 0 Å². The van der Waals surface area contributed by atoms with Gasteiger partial charge in [-0.1, -0.05) is 0 Å². The van der Waals surface area contributed by atoms with Crippen LogP contribution in [-0.2, 0) is 0 Å². The lowest BCUT2D eigenvalue weighted by Crippen LogP contribution is -2.22. The van der Waals surface area contributed by atoms with Crippen LogP contribution in [0.25, 0.3) is 0 Å². The molecule has 1 saturated carbocycles. The summed E-state index contributed by atoms with van der Waals surface area (Å²) in [7, 11) is 0. The Kier molecular flexibility index (Phi) is 4.61. The molecule has 0 bridgehead atoms. The molecule has 0 aromatic rings. The fourth-order valence-corrected chi connectivity index (χ4v) is 1.01. The number of hydrogen-bond acceptors (Lipinski definition) is 2. The minimum atomic E-state index is 0. The zero-order valence-electron chi connectivity index (χ0n) is 6.29. The molecule has 5 heteroatoms. The minimum Gasteiger partial charge on any atom is -0.369 e. The van der Waals surface area contributed by atoms with Gasteiger partial charge in [0.15, 0.2) is 0 Å². The maximum absolute atomic E-state index is 5.09. The van der Waals surface area contributed by atoms with Gasteiger partial charge in [0.05, 0.1) is 0 Å². The first-order chi connectivity index (χ1) is 4.79. The lowest BCUT2D eigenvalue weighted by atomic mass is 10.3. The molecule has 0 amide bonds. The highest BCUT2D eigenvalue weighted by Crippen LogP contribution is 2.14. The van der Waals surface area contributed by atoms with E-state index in [1.54, 1.807) is 0 Å². The predicted molar refractivity (Wildman–Crippen MR) is 49.0 cm³/mol. The van der Waals surface area contributed by atoms with E-state index in [1.807, 2.05) is 0 Å². The van der Waals surface area contributed by atoms with Gasteiger partial charge < -0.3 is 11.5 Å². The number of halogens is 1. The topological polar surface area (TPSA) is 76.8 Å². The Morgan fingerprint density at radius 3 is 2.18 bits per heavy atom. The molecule has 0 atom stereocenters. The summed E-state index contributed by atoms with van der Waals surface area (Å²) in [6.45, 7) is 0. The van der Waals surface area contributed by atoms with Crippen molar-refractivity contribution in [3.63, 3.8) is 0 Å². The number of nitrogens with two attached hydrogens (primary N) is 2. The summed E-state index contributed by atoms with van der Waals surface area (Å²) in [5, 5.41) is 7.44. The number of nitrogens with zero attached hydrogens (tertiary/aromatic N) is 2. The molecule has 64 valence electrons. The largest absolute Gasteiger partial charge is 0.369 e. The summed E-state index contributed by atoms with van der Waals surface area (Å²) in [6, 6.07) is 0. The van der Waals surface area contributed by atoms with E-state index in [0.29, 0.717) is 0 Å². The third-order valence-corrected chi connectivity index (χ3v) is 1.49. The van der Waals surface area contributed by atoms with Gasteiger partial charge in [-0.3, -0.25) is 0 Å². The summed E-state index contributed by atoms with van der Waals surface area (Å²) in [5.74, 6) is 0.0411. The molecule has 1 fully saturated rings. The molecule has 1 aliphatic rings. The smallest absolute Gasteiger partial charge is 0.211 e. The van der Waals surface area contributed by atoms with Gasteiger partial charge in [0.25, 0.3) is 0 Å². The summed E-state index contributed by atoms with van der Waals surface area (Å²) in [5.41, 5.74) is 11.3. The molecule has 0 aliphatic heterocycles. The zero-order valence-corrected chi connectivity index (χ0v) is 7.10. The first-order valence-corrected chi connectivity index (χ1v) is 3.43. The normalized spacial score (nSPS) is 15.5. The summed E-state index contributed by atoms with van der Waals surface area (Å²) in [4.78, 5) is 0. The zero-order chi connectivity index (χ0) is 7.40. The maximum atomic E-state index is 5.09. The van der Waals surface area contributed by atoms with Crippen LogP contribution in [0.2, 0.25) is 0 Å². The summed E-state index contributed by atoms with van der Waals surface area (Å²) < 4.78 is 0. The lowest BCUT2D eigenvalue weighted by molar-refractivity contribution is 0.886. The second-order valence-electron chi connectivity index (χ2n) is 2.40. The molecular weight excluding hydrogens is 164 g/mol. The van der Waals surface area contributed by atoms with Crippen LogP contribution in [0, 0.1) is 0 Å². The van der Waals surface area contributed by atoms with Crippen molar-refractivity contribution in [3.05, 3.63) is 0 Å². The number of rotatable bonds is 1. The van der Waals surface area contributed by atoms with Gasteiger partial charge in [0.2, 0.25) is 5.96 Å². The summed E-state index contributed by atoms with van der Waals surface area (Å²) in [6.07, 6.45) is 4.55. The van der Waals surface area contributed by atoms with Gasteiger partial charge in [-0.15, -0.1) is 17.5 Å². The second kappa shape index (κ2) is 4.96. The van der Waals surface area contributed by atoms with E-state index in [2.05, 4.69) is 10.2 Å². The Morgan fingerprint density at radius 2 is 1.73 bits per heavy atom. The van der Waals surface area contributed by atoms with Gasteiger partial charge in [0.1, 0.15) is 0 Å². The lowest BCUT2D eigenvalue weighted by Gasteiger charge is -1.88. The molecule has 0 spiro atoms. The first-order valence-electron chi connectivity index (χ1n) is 3.43. The van der Waals surface area contributed by atoms with Crippen molar-refractivity contribution in [2.45, 2.75) is 25.7 Å². The van der Waals surface area contributed by atoms with Gasteiger partial charge in [-0.2, -0.15) is 5.10 Å². The molecule has 0 saturated heterocycles. The quantitative estimate of drug-likeness (QED) is 0.349. The van der Waals surface area contributed by atoms with Crippen LogP contribution < -0.4 is 11.5 Å². The van der Waals surface area contributed by atoms with Gasteiger partial charge in [-0.25, -0.2) is 0 Å². The van der Waals surface area contributed by atoms with Gasteiger partial charge in [0, 0.05) is 5.71 Å². The van der Waals surface area contributed by atoms with Crippen molar-refractivity contribution < 1.29 is 0 Å². The molecule has 0 unspecified atom stereocenters. The van der Waals surface area contributed by atoms with E-state index in [-0.39, 0.29) is 18.4 Å². The van der Waals surface area contributed by atoms with Crippen molar-refractivity contribution >= 4 is 24.1 Å². The Hall–Kier alpha value is -0.770. The van der Waals surface area contributed by atoms with E-state index in [4.69, 9.17) is 11.5 Å². The molecule has 4 nitrogen and oxygen atoms in total. The molecule has 0 aromatic heterocycles. The average molecular weight is 177 g/mol. The molecule has 0 aromatic carbocycles. The van der Waals surface area contributed by atoms with Crippen molar-refractivity contribution in [3.8, 4) is 0 Å². The number of guanidine groups is 1. The first kappa shape index (κ1) is 10.2. The van der Waals surface area contributed by atoms with Gasteiger partial charge >= 0.3 is 0 Å². The van der Waals surface area contributed by atoms with E-state index in [9.17, 15) is 0 Å². The standard InChI is InChI=1S/C6H12N4.ClH/c7-6(8)10-9-5-3-1-2-4-5;/h1-4H2,(H4,7,8,10);1H. The van der Waals surface area contributed by atoms with Crippen molar-refractivity contribution in [2.75, 3.05) is 0 Å². The van der Waals surface area contributed by atoms with Crippen LogP contribution in [0.4, 0.5) is 0 Å².